The Morgan fingerprint density at radius 3 is 2.80 bits per heavy atom. The standard InChI is InChI=1S/C15H14BrClN2O/c16-13(8-12-5-1-2-6-14(12)17)15(20)19-10-11-4-3-7-18-9-11/h1-7,9,13H,8,10H2,(H,19,20). The summed E-state index contributed by atoms with van der Waals surface area (Å²) >= 11 is 9.49. The Bertz CT molecular complexity index is 577. The van der Waals surface area contributed by atoms with E-state index in [0.717, 1.165) is 11.1 Å². The summed E-state index contributed by atoms with van der Waals surface area (Å²) in [5, 5.41) is 3.55. The molecule has 0 radical (unpaired) electrons. The molecule has 3 nitrogen and oxygen atoms in total. The molecule has 0 aliphatic carbocycles. The summed E-state index contributed by atoms with van der Waals surface area (Å²) in [6.07, 6.45) is 3.99. The van der Waals surface area contributed by atoms with Crippen LogP contribution < -0.4 is 5.32 Å². The van der Waals surface area contributed by atoms with Crippen LogP contribution in [0.2, 0.25) is 5.02 Å². The molecule has 0 saturated carbocycles. The molecule has 1 aromatic heterocycles. The number of aromatic nitrogens is 1. The van der Waals surface area contributed by atoms with Crippen LogP contribution in [0.3, 0.4) is 0 Å². The molecule has 2 rings (SSSR count). The van der Waals surface area contributed by atoms with E-state index in [1.165, 1.54) is 0 Å². The lowest BCUT2D eigenvalue weighted by atomic mass is 10.1. The molecule has 1 N–H and O–H groups in total. The third-order valence-corrected chi connectivity index (χ3v) is 3.94. The first kappa shape index (κ1) is 15.0. The monoisotopic (exact) mass is 352 g/mol. The van der Waals surface area contributed by atoms with E-state index in [0.29, 0.717) is 18.0 Å². The Labute approximate surface area is 131 Å². The lowest BCUT2D eigenvalue weighted by molar-refractivity contribution is -0.120. The van der Waals surface area contributed by atoms with Crippen LogP contribution in [0.15, 0.2) is 48.8 Å². The van der Waals surface area contributed by atoms with E-state index in [2.05, 4.69) is 26.2 Å². The second kappa shape index (κ2) is 7.41. The summed E-state index contributed by atoms with van der Waals surface area (Å²) in [6.45, 7) is 0.470. The summed E-state index contributed by atoms with van der Waals surface area (Å²) in [7, 11) is 0. The fourth-order valence-corrected chi connectivity index (χ4v) is 2.48. The van der Waals surface area contributed by atoms with Gasteiger partial charge in [0.2, 0.25) is 5.91 Å². The van der Waals surface area contributed by atoms with Gasteiger partial charge in [-0.25, -0.2) is 0 Å². The van der Waals surface area contributed by atoms with Crippen molar-refractivity contribution < 1.29 is 4.79 Å². The van der Waals surface area contributed by atoms with Gasteiger partial charge >= 0.3 is 0 Å². The molecule has 1 unspecified atom stereocenters. The van der Waals surface area contributed by atoms with Crippen molar-refractivity contribution in [1.82, 2.24) is 10.3 Å². The number of nitrogens with zero attached hydrogens (tertiary/aromatic N) is 1. The molecule has 0 aliphatic rings. The molecule has 0 fully saturated rings. The van der Waals surface area contributed by atoms with Crippen molar-refractivity contribution in [1.29, 1.82) is 0 Å². The maximum atomic E-state index is 12.0. The number of pyridine rings is 1. The molecule has 0 bridgehead atoms. The predicted octanol–water partition coefficient (Wildman–Crippen LogP) is 3.36. The van der Waals surface area contributed by atoms with Crippen molar-refractivity contribution >= 4 is 33.4 Å². The van der Waals surface area contributed by atoms with Crippen LogP contribution in [-0.4, -0.2) is 15.7 Å². The van der Waals surface area contributed by atoms with Gasteiger partial charge in [-0.15, -0.1) is 0 Å². The van der Waals surface area contributed by atoms with Gasteiger partial charge in [0.15, 0.2) is 0 Å². The zero-order chi connectivity index (χ0) is 14.4. The SMILES string of the molecule is O=C(NCc1cccnc1)C(Br)Cc1ccccc1Cl. The van der Waals surface area contributed by atoms with Crippen molar-refractivity contribution in [3.05, 3.63) is 64.9 Å². The first-order valence-corrected chi connectivity index (χ1v) is 7.50. The second-order valence-electron chi connectivity index (χ2n) is 4.34. The Hall–Kier alpha value is -1.39. The highest BCUT2D eigenvalue weighted by Crippen LogP contribution is 2.19. The van der Waals surface area contributed by atoms with E-state index in [1.54, 1.807) is 12.4 Å². The number of rotatable bonds is 5. The van der Waals surface area contributed by atoms with Crippen molar-refractivity contribution in [2.45, 2.75) is 17.8 Å². The summed E-state index contributed by atoms with van der Waals surface area (Å²) in [6, 6.07) is 11.3. The van der Waals surface area contributed by atoms with Gasteiger partial charge in [-0.1, -0.05) is 51.8 Å². The number of carbonyl (C=O) groups is 1. The molecule has 2 aromatic rings. The Balaban J connectivity index is 1.88. The number of amides is 1. The molecule has 0 aliphatic heterocycles. The fourth-order valence-electron chi connectivity index (χ4n) is 1.75. The minimum atomic E-state index is -0.306. The number of hydrogen-bond acceptors (Lipinski definition) is 2. The van der Waals surface area contributed by atoms with Gasteiger partial charge in [0.05, 0.1) is 4.83 Å². The summed E-state index contributed by atoms with van der Waals surface area (Å²) in [4.78, 5) is 15.7. The maximum absolute atomic E-state index is 12.0. The van der Waals surface area contributed by atoms with Crippen molar-refractivity contribution in [3.8, 4) is 0 Å². The van der Waals surface area contributed by atoms with Gasteiger partial charge < -0.3 is 5.32 Å². The molecule has 1 atom stereocenters. The lowest BCUT2D eigenvalue weighted by Gasteiger charge is -2.11. The summed E-state index contributed by atoms with van der Waals surface area (Å²) < 4.78 is 0. The van der Waals surface area contributed by atoms with Crippen LogP contribution in [0.25, 0.3) is 0 Å². The first-order valence-electron chi connectivity index (χ1n) is 6.21. The number of carbonyl (C=O) groups excluding carboxylic acids is 1. The smallest absolute Gasteiger partial charge is 0.234 e. The molecular weight excluding hydrogens is 340 g/mol. The average Bonchev–Trinajstić information content (AvgIpc) is 2.48. The molecule has 1 heterocycles. The molecule has 20 heavy (non-hydrogen) atoms. The van der Waals surface area contributed by atoms with E-state index in [9.17, 15) is 4.79 Å². The van der Waals surface area contributed by atoms with Gasteiger partial charge in [-0.05, 0) is 29.7 Å². The molecule has 0 saturated heterocycles. The average molecular weight is 354 g/mol. The fraction of sp³-hybridized carbons (Fsp3) is 0.200. The quantitative estimate of drug-likeness (QED) is 0.838. The summed E-state index contributed by atoms with van der Waals surface area (Å²) in [5.41, 5.74) is 1.92. The van der Waals surface area contributed by atoms with Gasteiger partial charge in [-0.2, -0.15) is 0 Å². The van der Waals surface area contributed by atoms with Crippen molar-refractivity contribution in [2.75, 3.05) is 0 Å². The molecular formula is C15H14BrClN2O. The second-order valence-corrected chi connectivity index (χ2v) is 5.85. The maximum Gasteiger partial charge on any atom is 0.234 e. The van der Waals surface area contributed by atoms with Crippen LogP contribution in [0.1, 0.15) is 11.1 Å². The van der Waals surface area contributed by atoms with Gasteiger partial charge in [0.1, 0.15) is 0 Å². The van der Waals surface area contributed by atoms with Gasteiger partial charge in [-0.3, -0.25) is 9.78 Å². The zero-order valence-corrected chi connectivity index (χ0v) is 13.1. The highest BCUT2D eigenvalue weighted by Gasteiger charge is 2.16. The molecule has 5 heteroatoms. The van der Waals surface area contributed by atoms with Crippen LogP contribution in [-0.2, 0) is 17.8 Å². The van der Waals surface area contributed by atoms with Crippen LogP contribution in [0, 0.1) is 0 Å². The van der Waals surface area contributed by atoms with E-state index >= 15 is 0 Å². The minimum absolute atomic E-state index is 0.0613. The highest BCUT2D eigenvalue weighted by molar-refractivity contribution is 9.10. The van der Waals surface area contributed by atoms with Crippen LogP contribution >= 0.6 is 27.5 Å². The van der Waals surface area contributed by atoms with E-state index in [4.69, 9.17) is 11.6 Å². The number of halogens is 2. The van der Waals surface area contributed by atoms with E-state index < -0.39 is 0 Å². The molecule has 0 spiro atoms. The topological polar surface area (TPSA) is 42.0 Å². The normalized spacial score (nSPS) is 11.9. The third-order valence-electron chi connectivity index (χ3n) is 2.83. The van der Waals surface area contributed by atoms with Gasteiger partial charge in [0, 0.05) is 24.0 Å². The van der Waals surface area contributed by atoms with Crippen molar-refractivity contribution in [2.24, 2.45) is 0 Å². The Kier molecular flexibility index (Phi) is 5.56. The predicted molar refractivity (Wildman–Crippen MR) is 84.0 cm³/mol. The highest BCUT2D eigenvalue weighted by atomic mass is 79.9. The largest absolute Gasteiger partial charge is 0.351 e. The third kappa shape index (κ3) is 4.32. The minimum Gasteiger partial charge on any atom is -0.351 e. The number of alkyl halides is 1. The van der Waals surface area contributed by atoms with Crippen LogP contribution in [0.5, 0.6) is 0 Å². The molecule has 1 amide bonds. The van der Waals surface area contributed by atoms with E-state index in [1.807, 2.05) is 36.4 Å². The summed E-state index contributed by atoms with van der Waals surface area (Å²) in [5.74, 6) is -0.0613. The van der Waals surface area contributed by atoms with Crippen LogP contribution in [0.4, 0.5) is 0 Å². The number of nitrogens with one attached hydrogen (secondary N) is 1. The van der Waals surface area contributed by atoms with Gasteiger partial charge in [0.25, 0.3) is 0 Å². The van der Waals surface area contributed by atoms with Crippen molar-refractivity contribution in [3.63, 3.8) is 0 Å². The zero-order valence-electron chi connectivity index (χ0n) is 10.7. The molecule has 1 aromatic carbocycles. The molecule has 104 valence electrons. The first-order chi connectivity index (χ1) is 9.66. The Morgan fingerprint density at radius 1 is 1.30 bits per heavy atom. The number of hydrogen-bond donors (Lipinski definition) is 1. The number of benzene rings is 1. The Morgan fingerprint density at radius 2 is 2.10 bits per heavy atom. The lowest BCUT2D eigenvalue weighted by Crippen LogP contribution is -2.31. The van der Waals surface area contributed by atoms with E-state index in [-0.39, 0.29) is 10.7 Å².